The summed E-state index contributed by atoms with van der Waals surface area (Å²) in [5.41, 5.74) is 2.50. The average molecular weight is 876 g/mol. The summed E-state index contributed by atoms with van der Waals surface area (Å²) in [6.45, 7) is 3.63. The van der Waals surface area contributed by atoms with Crippen molar-refractivity contribution in [2.24, 2.45) is 5.92 Å². The quantitative estimate of drug-likeness (QED) is 0.139. The molecule has 0 bridgehead atoms. The molecule has 3 fully saturated rings. The third kappa shape index (κ3) is 7.16. The van der Waals surface area contributed by atoms with E-state index in [2.05, 4.69) is 15.3 Å². The van der Waals surface area contributed by atoms with E-state index in [1.165, 1.54) is 7.11 Å². The number of fused-ring (bicyclic) bond motifs is 3. The number of hydrogen-bond donors (Lipinski definition) is 2. The van der Waals surface area contributed by atoms with E-state index in [-0.39, 0.29) is 65.5 Å². The lowest BCUT2D eigenvalue weighted by molar-refractivity contribution is -0.144. The van der Waals surface area contributed by atoms with Crippen molar-refractivity contribution < 1.29 is 54.9 Å². The number of aromatic nitrogens is 2. The van der Waals surface area contributed by atoms with Crippen LogP contribution in [0.4, 0.5) is 26.3 Å². The molecule has 63 heavy (non-hydrogen) atoms. The molecular weight excluding hydrogens is 833 g/mol. The number of methoxy groups -OCH3 is 1. The number of nitrogens with one attached hydrogen (secondary N) is 1. The molecule has 3 aromatic carbocycles. The van der Waals surface area contributed by atoms with Gasteiger partial charge in [-0.05, 0) is 103 Å². The minimum absolute atomic E-state index is 0.00551. The average Bonchev–Trinajstić information content (AvgIpc) is 4.07. The second-order valence-corrected chi connectivity index (χ2v) is 17.5. The topological polar surface area (TPSA) is 130 Å². The molecule has 10 rings (SSSR count). The van der Waals surface area contributed by atoms with Crippen molar-refractivity contribution in [2.45, 2.75) is 88.5 Å². The van der Waals surface area contributed by atoms with Crippen molar-refractivity contribution in [3.05, 3.63) is 93.3 Å². The first-order chi connectivity index (χ1) is 30.0. The number of nitrogens with zero attached hydrogens (tertiary/aromatic N) is 4. The highest BCUT2D eigenvalue weighted by Gasteiger charge is 2.49. The van der Waals surface area contributed by atoms with Crippen molar-refractivity contribution in [2.75, 3.05) is 33.3 Å². The van der Waals surface area contributed by atoms with Gasteiger partial charge in [-0.3, -0.25) is 19.4 Å². The molecule has 1 amide bonds. The maximum atomic E-state index is 14.9. The predicted octanol–water partition coefficient (Wildman–Crippen LogP) is 8.84. The van der Waals surface area contributed by atoms with Gasteiger partial charge in [0.2, 0.25) is 23.4 Å². The molecule has 0 unspecified atom stereocenters. The van der Waals surface area contributed by atoms with Gasteiger partial charge in [-0.1, -0.05) is 36.4 Å². The Morgan fingerprint density at radius 3 is 2.37 bits per heavy atom. The molecular formula is C46H43F6N5O6. The maximum absolute atomic E-state index is 14.9. The number of ether oxygens (including phenoxy) is 2. The highest BCUT2D eigenvalue weighted by molar-refractivity contribution is 5.90. The molecule has 1 spiro atoms. The van der Waals surface area contributed by atoms with E-state index in [9.17, 15) is 41.0 Å². The largest absolute Gasteiger partial charge is 0.481 e. The Hall–Kier alpha value is -5.68. The van der Waals surface area contributed by atoms with Crippen LogP contribution in [0.2, 0.25) is 0 Å². The molecule has 3 saturated heterocycles. The molecule has 2 aliphatic carbocycles. The number of rotatable bonds is 9. The molecule has 17 heteroatoms. The van der Waals surface area contributed by atoms with Gasteiger partial charge in [0.25, 0.3) is 0 Å². The van der Waals surface area contributed by atoms with Crippen LogP contribution in [-0.4, -0.2) is 75.6 Å². The lowest BCUT2D eigenvalue weighted by Crippen LogP contribution is -2.66. The van der Waals surface area contributed by atoms with Crippen molar-refractivity contribution in [1.82, 2.24) is 25.1 Å². The highest BCUT2D eigenvalue weighted by atomic mass is 19.4. The number of carbonyl (C=O) groups is 2. The summed E-state index contributed by atoms with van der Waals surface area (Å²) in [5, 5.41) is 12.8. The third-order valence-electron chi connectivity index (χ3n) is 13.7. The Morgan fingerprint density at radius 1 is 0.921 bits per heavy atom. The van der Waals surface area contributed by atoms with E-state index < -0.39 is 47.5 Å². The Kier molecular flexibility index (Phi) is 9.82. The summed E-state index contributed by atoms with van der Waals surface area (Å²) in [4.78, 5) is 35.6. The van der Waals surface area contributed by atoms with E-state index in [0.29, 0.717) is 80.2 Å². The van der Waals surface area contributed by atoms with Crippen LogP contribution < -0.4 is 14.8 Å². The minimum Gasteiger partial charge on any atom is -0.481 e. The number of carboxylic acid groups (broad SMARTS) is 1. The molecule has 5 aromatic rings. The summed E-state index contributed by atoms with van der Waals surface area (Å²) < 4.78 is 106. The van der Waals surface area contributed by atoms with Gasteiger partial charge in [-0.15, -0.1) is 0 Å². The fourth-order valence-electron chi connectivity index (χ4n) is 10.8. The second-order valence-electron chi connectivity index (χ2n) is 17.5. The fourth-order valence-corrected chi connectivity index (χ4v) is 10.8. The smallest absolute Gasteiger partial charge is 0.438 e. The maximum Gasteiger partial charge on any atom is 0.438 e. The molecule has 0 saturated carbocycles. The second kappa shape index (κ2) is 15.0. The summed E-state index contributed by atoms with van der Waals surface area (Å²) >= 11 is 0. The van der Waals surface area contributed by atoms with Gasteiger partial charge in [0.15, 0.2) is 0 Å². The monoisotopic (exact) mass is 875 g/mol. The van der Waals surface area contributed by atoms with E-state index >= 15 is 0 Å². The standard InChI is InChI=1S/C46H43F6N5O6/c1-23-26(5-3-6-27(23)36-18-25-17-32-31(38(39(25)62-36)45(47,48)49)9-11-34(32)57-16-14-24(19-57)43(59)60)28-7-4-8-30-29(28)10-12-35(30)63-42-40(46(50,51)52)53-33(41(54-42)61-2)20-56-21-44(22-56)15-13-37(58)55-44/h3-8,17-18,24,34-35H,9-16,19-22H2,1-2H3,(H,55,58)(H,59,60)/t24-,34-,35+/m1/s1. The van der Waals surface area contributed by atoms with Crippen molar-refractivity contribution in [3.8, 4) is 34.2 Å². The first-order valence-corrected chi connectivity index (χ1v) is 21.1. The molecule has 2 N–H and O–H groups in total. The van der Waals surface area contributed by atoms with Gasteiger partial charge >= 0.3 is 18.3 Å². The van der Waals surface area contributed by atoms with Gasteiger partial charge in [0, 0.05) is 49.6 Å². The molecule has 11 nitrogen and oxygen atoms in total. The number of carbonyl (C=O) groups excluding carboxylic acids is 1. The third-order valence-corrected chi connectivity index (χ3v) is 13.7. The number of aliphatic carboxylic acids is 1. The zero-order chi connectivity index (χ0) is 44.2. The van der Waals surface area contributed by atoms with Crippen LogP contribution in [0.3, 0.4) is 0 Å². The molecule has 3 atom stereocenters. The van der Waals surface area contributed by atoms with Crippen molar-refractivity contribution >= 4 is 22.8 Å². The van der Waals surface area contributed by atoms with Crippen LogP contribution in [-0.2, 0) is 41.3 Å². The Morgan fingerprint density at radius 2 is 1.67 bits per heavy atom. The number of likely N-dealkylation sites (tertiary alicyclic amines) is 2. The number of alkyl halides is 6. The number of amides is 1. The number of halogens is 6. The summed E-state index contributed by atoms with van der Waals surface area (Å²) in [7, 11) is 1.31. The lowest BCUT2D eigenvalue weighted by atomic mass is 9.88. The number of furan rings is 1. The lowest BCUT2D eigenvalue weighted by Gasteiger charge is -2.47. The van der Waals surface area contributed by atoms with Gasteiger partial charge in [-0.2, -0.15) is 31.3 Å². The van der Waals surface area contributed by atoms with Crippen molar-refractivity contribution in [3.63, 3.8) is 0 Å². The Labute approximate surface area is 357 Å². The fraction of sp³-hybridized carbons (Fsp3) is 0.435. The van der Waals surface area contributed by atoms with Gasteiger partial charge in [0.05, 0.1) is 18.6 Å². The van der Waals surface area contributed by atoms with E-state index in [1.807, 2.05) is 28.9 Å². The van der Waals surface area contributed by atoms with Crippen LogP contribution in [0.1, 0.15) is 89.0 Å². The van der Waals surface area contributed by atoms with Gasteiger partial charge < -0.3 is 24.3 Å². The summed E-state index contributed by atoms with van der Waals surface area (Å²) in [6.07, 6.45) is -7.40. The molecule has 330 valence electrons. The first kappa shape index (κ1) is 41.3. The molecule has 0 radical (unpaired) electrons. The van der Waals surface area contributed by atoms with E-state index in [0.717, 1.165) is 22.3 Å². The number of carboxylic acids is 1. The van der Waals surface area contributed by atoms with E-state index in [4.69, 9.17) is 13.9 Å². The zero-order valence-electron chi connectivity index (χ0n) is 34.4. The zero-order valence-corrected chi connectivity index (χ0v) is 34.4. The van der Waals surface area contributed by atoms with Crippen molar-refractivity contribution in [1.29, 1.82) is 0 Å². The SMILES string of the molecule is COc1nc(O[C@H]2CCc3c(-c4cccc(-c5cc6cc7c(c(C(F)(F)F)c6o5)CC[C@H]7N5CC[C@@H](C(=O)O)C5)c4C)cccc32)c(C(F)(F)F)nc1CN1CC2(CCC(=O)N2)C1. The first-order valence-electron chi connectivity index (χ1n) is 21.1. The van der Waals surface area contributed by atoms with Crippen LogP contribution in [0, 0.1) is 12.8 Å². The highest BCUT2D eigenvalue weighted by Crippen LogP contribution is 2.50. The normalized spacial score (nSPS) is 22.1. The van der Waals surface area contributed by atoms with Gasteiger partial charge in [0.1, 0.15) is 28.7 Å². The van der Waals surface area contributed by atoms with Crippen LogP contribution in [0.25, 0.3) is 33.4 Å². The molecule has 3 aliphatic heterocycles. The molecule has 5 heterocycles. The minimum atomic E-state index is -4.89. The Bertz CT molecular complexity index is 2690. The van der Waals surface area contributed by atoms with Crippen LogP contribution >= 0.6 is 0 Å². The molecule has 5 aliphatic rings. The summed E-state index contributed by atoms with van der Waals surface area (Å²) in [6, 6.07) is 14.0. The van der Waals surface area contributed by atoms with E-state index in [1.54, 1.807) is 36.4 Å². The number of hydrogen-bond acceptors (Lipinski definition) is 9. The van der Waals surface area contributed by atoms with Crippen LogP contribution in [0.5, 0.6) is 11.8 Å². The number of benzene rings is 3. The van der Waals surface area contributed by atoms with Crippen LogP contribution in [0.15, 0.2) is 52.9 Å². The van der Waals surface area contributed by atoms with Gasteiger partial charge in [-0.25, -0.2) is 4.98 Å². The predicted molar refractivity (Wildman–Crippen MR) is 216 cm³/mol. The molecule has 2 aromatic heterocycles. The summed E-state index contributed by atoms with van der Waals surface area (Å²) in [5.74, 6) is -2.03. The Balaban J connectivity index is 0.945.